The summed E-state index contributed by atoms with van der Waals surface area (Å²) in [7, 11) is 3.70. The predicted molar refractivity (Wildman–Crippen MR) is 70.8 cm³/mol. The third-order valence-electron chi connectivity index (χ3n) is 2.19. The van der Waals surface area contributed by atoms with E-state index in [1.165, 1.54) is 5.56 Å². The largest absolute Gasteiger partial charge is 0.393 e. The van der Waals surface area contributed by atoms with Crippen molar-refractivity contribution in [3.05, 3.63) is 54.6 Å². The maximum absolute atomic E-state index is 4.11. The highest BCUT2D eigenvalue weighted by Gasteiger charge is 1.95. The third kappa shape index (κ3) is 4.51. The first-order chi connectivity index (χ1) is 8.13. The van der Waals surface area contributed by atoms with Gasteiger partial charge in [-0.2, -0.15) is 0 Å². The fraction of sp³-hybridized carbons (Fsp3) is 0.231. The molecule has 1 aromatic rings. The molecule has 0 saturated carbocycles. The lowest BCUT2D eigenvalue weighted by atomic mass is 10.2. The molecule has 0 amide bonds. The predicted octanol–water partition coefficient (Wildman–Crippen LogP) is 3.17. The number of hydrogen-bond acceptors (Lipinski definition) is 4. The molecule has 17 heavy (non-hydrogen) atoms. The lowest BCUT2D eigenvalue weighted by Gasteiger charge is -2.11. The molecule has 0 saturated heterocycles. The Labute approximate surface area is 102 Å². The van der Waals surface area contributed by atoms with Gasteiger partial charge in [0, 0.05) is 26.5 Å². The van der Waals surface area contributed by atoms with Gasteiger partial charge in [0.05, 0.1) is 5.69 Å². The van der Waals surface area contributed by atoms with E-state index in [4.69, 9.17) is 0 Å². The van der Waals surface area contributed by atoms with E-state index >= 15 is 0 Å². The number of hydrogen-bond donors (Lipinski definition) is 1. The summed E-state index contributed by atoms with van der Waals surface area (Å²) in [6.45, 7) is 5.86. The van der Waals surface area contributed by atoms with Crippen molar-refractivity contribution in [1.29, 1.82) is 0 Å². The van der Waals surface area contributed by atoms with Crippen molar-refractivity contribution in [3.8, 4) is 0 Å². The first kappa shape index (κ1) is 13.0. The molecule has 90 valence electrons. The van der Waals surface area contributed by atoms with E-state index in [1.807, 2.05) is 51.5 Å². The van der Waals surface area contributed by atoms with Crippen LogP contribution in [0.5, 0.6) is 0 Å². The molecule has 4 nitrogen and oxygen atoms in total. The van der Waals surface area contributed by atoms with Gasteiger partial charge in [0.2, 0.25) is 0 Å². The normalized spacial score (nSPS) is 11.0. The van der Waals surface area contributed by atoms with Gasteiger partial charge >= 0.3 is 0 Å². The summed E-state index contributed by atoms with van der Waals surface area (Å²) in [4.78, 5) is 1.79. The van der Waals surface area contributed by atoms with Gasteiger partial charge in [0.15, 0.2) is 0 Å². The molecule has 0 aliphatic carbocycles. The van der Waals surface area contributed by atoms with Gasteiger partial charge in [0.25, 0.3) is 0 Å². The molecule has 0 unspecified atom stereocenters. The van der Waals surface area contributed by atoms with Crippen LogP contribution in [0.2, 0.25) is 0 Å². The smallest absolute Gasteiger partial charge is 0.147 e. The second-order valence-electron chi connectivity index (χ2n) is 3.67. The minimum atomic E-state index is 0.581. The van der Waals surface area contributed by atoms with Crippen molar-refractivity contribution in [3.63, 3.8) is 0 Å². The molecule has 4 heteroatoms. The van der Waals surface area contributed by atoms with Crippen molar-refractivity contribution < 1.29 is 0 Å². The van der Waals surface area contributed by atoms with Gasteiger partial charge in [-0.25, -0.2) is 0 Å². The molecule has 1 N–H and O–H groups in total. The topological polar surface area (TPSA) is 40.0 Å². The summed E-state index contributed by atoms with van der Waals surface area (Å²) in [6.07, 6.45) is 3.63. The Balaban J connectivity index is 2.61. The Hall–Kier alpha value is -2.10. The Morgan fingerprint density at radius 2 is 2.00 bits per heavy atom. The van der Waals surface area contributed by atoms with Crippen molar-refractivity contribution >= 4 is 5.69 Å². The van der Waals surface area contributed by atoms with E-state index in [-0.39, 0.29) is 0 Å². The summed E-state index contributed by atoms with van der Waals surface area (Å²) in [5.41, 5.74) is 2.03. The van der Waals surface area contributed by atoms with Crippen LogP contribution in [0.3, 0.4) is 0 Å². The molecule has 0 aromatic heterocycles. The van der Waals surface area contributed by atoms with Crippen molar-refractivity contribution in [1.82, 2.24) is 10.2 Å². The van der Waals surface area contributed by atoms with Crippen molar-refractivity contribution in [2.24, 2.45) is 10.2 Å². The molecule has 0 heterocycles. The summed E-state index contributed by atoms with van der Waals surface area (Å²) in [5, 5.41) is 11.1. The molecule has 1 aromatic carbocycles. The van der Waals surface area contributed by atoms with Gasteiger partial charge in [-0.1, -0.05) is 24.3 Å². The minimum absolute atomic E-state index is 0.581. The molecule has 0 radical (unpaired) electrons. The molecule has 0 spiro atoms. The number of nitrogens with zero attached hydrogens (tertiary/aromatic N) is 3. The van der Waals surface area contributed by atoms with Gasteiger partial charge in [-0.15, -0.1) is 10.2 Å². The fourth-order valence-corrected chi connectivity index (χ4v) is 1.07. The van der Waals surface area contributed by atoms with Crippen LogP contribution in [-0.4, -0.2) is 19.0 Å². The molecular weight excluding hydrogens is 212 g/mol. The van der Waals surface area contributed by atoms with Crippen LogP contribution in [-0.2, 0) is 0 Å². The summed E-state index contributed by atoms with van der Waals surface area (Å²) < 4.78 is 0. The summed E-state index contributed by atoms with van der Waals surface area (Å²) >= 11 is 0. The highest BCUT2D eigenvalue weighted by Crippen LogP contribution is 2.14. The Morgan fingerprint density at radius 3 is 2.59 bits per heavy atom. The van der Waals surface area contributed by atoms with Gasteiger partial charge in [-0.05, 0) is 19.1 Å². The number of aryl methyl sites for hydroxylation is 1. The Bertz CT molecular complexity index is 418. The number of nitrogens with one attached hydrogen (secondary N) is 1. The Morgan fingerprint density at radius 1 is 1.35 bits per heavy atom. The molecule has 0 aliphatic rings. The van der Waals surface area contributed by atoms with Crippen molar-refractivity contribution in [2.45, 2.75) is 6.92 Å². The summed E-state index contributed by atoms with van der Waals surface area (Å²) in [6, 6.07) is 7.86. The summed E-state index contributed by atoms with van der Waals surface area (Å²) in [5.74, 6) is 0.581. The zero-order valence-corrected chi connectivity index (χ0v) is 10.5. The fourth-order valence-electron chi connectivity index (χ4n) is 1.07. The molecule has 1 rings (SSSR count). The minimum Gasteiger partial charge on any atom is -0.393 e. The first-order valence-electron chi connectivity index (χ1n) is 5.37. The van der Waals surface area contributed by atoms with Crippen LogP contribution in [0.1, 0.15) is 5.56 Å². The number of benzene rings is 1. The van der Waals surface area contributed by atoms with Crippen LogP contribution in [0.25, 0.3) is 0 Å². The lowest BCUT2D eigenvalue weighted by molar-refractivity contribution is 0.553. The molecule has 0 atom stereocenters. The van der Waals surface area contributed by atoms with E-state index in [2.05, 4.69) is 22.1 Å². The lowest BCUT2D eigenvalue weighted by Crippen LogP contribution is -2.08. The van der Waals surface area contributed by atoms with Gasteiger partial charge < -0.3 is 10.2 Å². The second kappa shape index (κ2) is 6.48. The van der Waals surface area contributed by atoms with Crippen LogP contribution in [0.15, 0.2) is 59.3 Å². The van der Waals surface area contributed by atoms with Crippen LogP contribution in [0, 0.1) is 6.92 Å². The van der Waals surface area contributed by atoms with Gasteiger partial charge in [0.1, 0.15) is 5.82 Å². The van der Waals surface area contributed by atoms with E-state index in [0.717, 1.165) is 5.69 Å². The maximum atomic E-state index is 4.11. The number of rotatable bonds is 5. The van der Waals surface area contributed by atoms with Gasteiger partial charge in [-0.3, -0.25) is 0 Å². The third-order valence-corrected chi connectivity index (χ3v) is 2.19. The van der Waals surface area contributed by atoms with Crippen LogP contribution < -0.4 is 5.32 Å². The first-order valence-corrected chi connectivity index (χ1v) is 5.37. The molecule has 0 fully saturated rings. The highest BCUT2D eigenvalue weighted by molar-refractivity contribution is 5.37. The molecule has 0 aliphatic heterocycles. The quantitative estimate of drug-likeness (QED) is 0.789. The van der Waals surface area contributed by atoms with E-state index in [9.17, 15) is 0 Å². The van der Waals surface area contributed by atoms with Crippen LogP contribution in [0.4, 0.5) is 5.69 Å². The Kier molecular flexibility index (Phi) is 4.94. The van der Waals surface area contributed by atoms with E-state index in [1.54, 1.807) is 11.1 Å². The average molecular weight is 230 g/mol. The monoisotopic (exact) mass is 230 g/mol. The SMILES string of the molecule is C=C(N=Nc1ccc(C)cc1)N(C)/C=C\NC. The van der Waals surface area contributed by atoms with Crippen LogP contribution >= 0.6 is 0 Å². The number of azo groups is 1. The molecular formula is C13H18N4. The highest BCUT2D eigenvalue weighted by atomic mass is 15.3. The van der Waals surface area contributed by atoms with Crippen molar-refractivity contribution in [2.75, 3.05) is 14.1 Å². The van der Waals surface area contributed by atoms with E-state index < -0.39 is 0 Å². The molecule has 0 bridgehead atoms. The average Bonchev–Trinajstić information content (AvgIpc) is 2.34. The zero-order valence-electron chi connectivity index (χ0n) is 10.5. The second-order valence-corrected chi connectivity index (χ2v) is 3.67. The zero-order chi connectivity index (χ0) is 12.7. The standard InChI is InChI=1S/C13H18N4/c1-11-5-7-13(8-6-11)16-15-12(2)17(4)10-9-14-3/h5-10,14H,2H2,1,3-4H3/b10-9-,16-15?. The van der Waals surface area contributed by atoms with E-state index in [0.29, 0.717) is 5.82 Å². The maximum Gasteiger partial charge on any atom is 0.147 e.